The minimum absolute atomic E-state index is 0.520. The van der Waals surface area contributed by atoms with Gasteiger partial charge in [0.15, 0.2) is 0 Å². The quantitative estimate of drug-likeness (QED) is 0.451. The van der Waals surface area contributed by atoms with E-state index in [1.165, 1.54) is 17.3 Å². The summed E-state index contributed by atoms with van der Waals surface area (Å²) in [5, 5.41) is 11.7. The van der Waals surface area contributed by atoms with Crippen molar-refractivity contribution in [2.75, 3.05) is 17.2 Å². The molecule has 112 valence electrons. The molecule has 0 unspecified atom stereocenters. The Morgan fingerprint density at radius 3 is 2.77 bits per heavy atom. The minimum atomic E-state index is 0.520. The molecule has 0 bridgehead atoms. The van der Waals surface area contributed by atoms with E-state index in [1.807, 2.05) is 24.3 Å². The Labute approximate surface area is 133 Å². The van der Waals surface area contributed by atoms with Crippen LogP contribution in [-0.2, 0) is 13.0 Å². The first-order valence-corrected chi connectivity index (χ1v) is 7.34. The van der Waals surface area contributed by atoms with Crippen molar-refractivity contribution < 1.29 is 0 Å². The Balaban J connectivity index is 1.98. The van der Waals surface area contributed by atoms with E-state index >= 15 is 0 Å². The van der Waals surface area contributed by atoms with Gasteiger partial charge in [-0.25, -0.2) is 5.53 Å². The van der Waals surface area contributed by atoms with Gasteiger partial charge in [0.05, 0.1) is 5.69 Å². The number of fused-ring (bicyclic) bond motifs is 1. The molecule has 4 N–H and O–H groups in total. The van der Waals surface area contributed by atoms with Gasteiger partial charge in [-0.1, -0.05) is 17.7 Å². The van der Waals surface area contributed by atoms with Gasteiger partial charge in [0, 0.05) is 41.3 Å². The number of nitrogens with zero attached hydrogens (tertiary/aromatic N) is 2. The smallest absolute Gasteiger partial charge is 0.0852 e. The first-order chi connectivity index (χ1) is 10.6. The number of nitrogens with two attached hydrogens (primary N) is 1. The van der Waals surface area contributed by atoms with Crippen molar-refractivity contribution in [1.82, 2.24) is 0 Å². The van der Waals surface area contributed by atoms with Gasteiger partial charge >= 0.3 is 0 Å². The number of hydrogen-bond acceptors (Lipinski definition) is 5. The summed E-state index contributed by atoms with van der Waals surface area (Å²) in [5.41, 5.74) is 18.3. The minimum Gasteiger partial charge on any atom is -0.398 e. The van der Waals surface area contributed by atoms with Gasteiger partial charge in [0.1, 0.15) is 0 Å². The van der Waals surface area contributed by atoms with Crippen LogP contribution in [0.3, 0.4) is 0 Å². The van der Waals surface area contributed by atoms with Crippen LogP contribution in [-0.4, -0.2) is 12.8 Å². The molecule has 0 aliphatic carbocycles. The summed E-state index contributed by atoms with van der Waals surface area (Å²) in [7, 11) is 0. The second kappa shape index (κ2) is 5.77. The Kier molecular flexibility index (Phi) is 3.81. The van der Waals surface area contributed by atoms with Crippen LogP contribution < -0.4 is 10.6 Å². The lowest BCUT2D eigenvalue weighted by Crippen LogP contribution is -2.31. The third-order valence-electron chi connectivity index (χ3n) is 3.97. The summed E-state index contributed by atoms with van der Waals surface area (Å²) < 4.78 is 0. The molecule has 22 heavy (non-hydrogen) atoms. The zero-order valence-electron chi connectivity index (χ0n) is 11.9. The van der Waals surface area contributed by atoms with Crippen LogP contribution in [0, 0.1) is 10.9 Å². The van der Waals surface area contributed by atoms with Crippen molar-refractivity contribution in [1.29, 1.82) is 10.9 Å². The maximum absolute atomic E-state index is 7.60. The van der Waals surface area contributed by atoms with Crippen LogP contribution in [0.5, 0.6) is 0 Å². The highest BCUT2D eigenvalue weighted by Gasteiger charge is 2.20. The summed E-state index contributed by atoms with van der Waals surface area (Å²) in [6, 6.07) is 9.34. The third-order valence-corrected chi connectivity index (χ3v) is 4.19. The molecule has 0 spiro atoms. The maximum atomic E-state index is 7.60. The molecule has 2 aromatic carbocycles. The van der Waals surface area contributed by atoms with Crippen molar-refractivity contribution in [3.8, 4) is 0 Å². The van der Waals surface area contributed by atoms with Crippen molar-refractivity contribution in [3.63, 3.8) is 0 Å². The lowest BCUT2D eigenvalue weighted by atomic mass is 9.98. The number of anilines is 2. The number of rotatable bonds is 3. The Bertz CT molecular complexity index is 756. The van der Waals surface area contributed by atoms with Crippen molar-refractivity contribution in [2.24, 2.45) is 5.11 Å². The lowest BCUT2D eigenvalue weighted by Gasteiger charge is -2.32. The van der Waals surface area contributed by atoms with Gasteiger partial charge in [0.2, 0.25) is 0 Å². The molecular weight excluding hydrogens is 298 g/mol. The van der Waals surface area contributed by atoms with Gasteiger partial charge < -0.3 is 16.0 Å². The zero-order chi connectivity index (χ0) is 15.7. The van der Waals surface area contributed by atoms with Gasteiger partial charge in [0.25, 0.3) is 0 Å². The molecule has 0 atom stereocenters. The summed E-state index contributed by atoms with van der Waals surface area (Å²) in [6.07, 6.45) is 2.14. The number of halogens is 1. The van der Waals surface area contributed by atoms with Crippen LogP contribution in [0.2, 0.25) is 5.02 Å². The maximum Gasteiger partial charge on any atom is 0.0852 e. The molecule has 1 heterocycles. The van der Waals surface area contributed by atoms with E-state index in [0.717, 1.165) is 25.2 Å². The van der Waals surface area contributed by atoms with Crippen molar-refractivity contribution in [2.45, 2.75) is 13.0 Å². The van der Waals surface area contributed by atoms with E-state index < -0.39 is 0 Å². The zero-order valence-corrected chi connectivity index (χ0v) is 12.7. The molecule has 1 aliphatic rings. The molecule has 2 aromatic rings. The van der Waals surface area contributed by atoms with Gasteiger partial charge in [-0.15, -0.1) is 0 Å². The van der Waals surface area contributed by atoms with E-state index in [2.05, 4.69) is 10.0 Å². The Hall–Kier alpha value is -2.40. The predicted octanol–water partition coefficient (Wildman–Crippen LogP) is 4.15. The van der Waals surface area contributed by atoms with Crippen LogP contribution in [0.15, 0.2) is 35.4 Å². The van der Waals surface area contributed by atoms with Gasteiger partial charge in [-0.05, 0) is 41.8 Å². The monoisotopic (exact) mass is 313 g/mol. The molecule has 0 amide bonds. The highest BCUT2D eigenvalue weighted by molar-refractivity contribution is 6.31. The second-order valence-corrected chi connectivity index (χ2v) is 5.74. The lowest BCUT2D eigenvalue weighted by molar-refractivity contribution is 0.731. The van der Waals surface area contributed by atoms with E-state index in [9.17, 15) is 0 Å². The average Bonchev–Trinajstić information content (AvgIpc) is 2.53. The standard InChI is InChI=1S/C16H16ClN5/c17-12-6-15(19)14(8-18)16(7-12)22-4-3-10-5-13(21-20)2-1-11(10)9-22/h1-2,5-8,18,20H,3-4,9,19H2. The fourth-order valence-corrected chi connectivity index (χ4v) is 3.08. The number of hydrogen-bond donors (Lipinski definition) is 3. The highest BCUT2D eigenvalue weighted by Crippen LogP contribution is 2.33. The third kappa shape index (κ3) is 2.55. The highest BCUT2D eigenvalue weighted by atomic mass is 35.5. The van der Waals surface area contributed by atoms with E-state index in [1.54, 1.807) is 6.07 Å². The number of nitrogen functional groups attached to an aromatic ring is 1. The summed E-state index contributed by atoms with van der Waals surface area (Å²) in [6.45, 7) is 1.54. The SMILES string of the molecule is N=Cc1c(N)cc(Cl)cc1N1CCc2cc(N=N)ccc2C1. The van der Waals surface area contributed by atoms with Crippen LogP contribution >= 0.6 is 11.6 Å². The molecule has 0 fully saturated rings. The van der Waals surface area contributed by atoms with Crippen LogP contribution in [0.4, 0.5) is 17.1 Å². The molecule has 6 heteroatoms. The number of nitrogens with one attached hydrogen (secondary N) is 2. The first-order valence-electron chi connectivity index (χ1n) is 6.96. The normalized spacial score (nSPS) is 13.6. The molecule has 1 aliphatic heterocycles. The predicted molar refractivity (Wildman–Crippen MR) is 89.8 cm³/mol. The Morgan fingerprint density at radius 1 is 1.23 bits per heavy atom. The fraction of sp³-hybridized carbons (Fsp3) is 0.188. The fourth-order valence-electron chi connectivity index (χ4n) is 2.86. The van der Waals surface area contributed by atoms with Crippen molar-refractivity contribution in [3.05, 3.63) is 52.0 Å². The molecule has 5 nitrogen and oxygen atoms in total. The topological polar surface area (TPSA) is 89.3 Å². The molecular formula is C16H16ClN5. The van der Waals surface area contributed by atoms with Gasteiger partial charge in [-0.2, -0.15) is 5.11 Å². The van der Waals surface area contributed by atoms with E-state index in [0.29, 0.717) is 22.0 Å². The Morgan fingerprint density at radius 2 is 2.05 bits per heavy atom. The van der Waals surface area contributed by atoms with Crippen molar-refractivity contribution >= 4 is 34.9 Å². The molecule has 0 aromatic heterocycles. The van der Waals surface area contributed by atoms with E-state index in [-0.39, 0.29) is 0 Å². The van der Waals surface area contributed by atoms with Crippen LogP contribution in [0.1, 0.15) is 16.7 Å². The number of benzene rings is 2. The summed E-state index contributed by atoms with van der Waals surface area (Å²) in [5.74, 6) is 0. The molecule has 0 radical (unpaired) electrons. The molecule has 0 saturated heterocycles. The first kappa shape index (κ1) is 14.5. The second-order valence-electron chi connectivity index (χ2n) is 5.31. The largest absolute Gasteiger partial charge is 0.398 e. The molecule has 3 rings (SSSR count). The average molecular weight is 314 g/mol. The van der Waals surface area contributed by atoms with Gasteiger partial charge in [-0.3, -0.25) is 0 Å². The molecule has 0 saturated carbocycles. The van der Waals surface area contributed by atoms with E-state index in [4.69, 9.17) is 28.3 Å². The van der Waals surface area contributed by atoms with Crippen LogP contribution in [0.25, 0.3) is 0 Å². The summed E-state index contributed by atoms with van der Waals surface area (Å²) >= 11 is 6.12. The summed E-state index contributed by atoms with van der Waals surface area (Å²) in [4.78, 5) is 2.18.